The number of rotatable bonds is 3. The fourth-order valence-electron chi connectivity index (χ4n) is 1.68. The number of carbonyl (C=O) groups excluding carboxylic acids is 2. The zero-order valence-electron chi connectivity index (χ0n) is 10.9. The van der Waals surface area contributed by atoms with Crippen molar-refractivity contribution in [3.05, 3.63) is 63.4 Å². The van der Waals surface area contributed by atoms with Gasteiger partial charge >= 0.3 is 0 Å². The molecule has 108 valence electrons. The zero-order chi connectivity index (χ0) is 15.6. The molecule has 0 saturated heterocycles. The maximum Gasteiger partial charge on any atom is 0.257 e. The maximum absolute atomic E-state index is 13.4. The van der Waals surface area contributed by atoms with Gasteiger partial charge in [-0.05, 0) is 43.3 Å². The van der Waals surface area contributed by atoms with E-state index in [0.29, 0.717) is 11.3 Å². The molecule has 0 heterocycles. The second-order valence-corrected chi connectivity index (χ2v) is 5.15. The van der Waals surface area contributed by atoms with Gasteiger partial charge in [0.15, 0.2) is 5.78 Å². The van der Waals surface area contributed by atoms with Crippen LogP contribution in [0.1, 0.15) is 27.6 Å². The van der Waals surface area contributed by atoms with Crippen molar-refractivity contribution in [2.24, 2.45) is 0 Å². The number of ketones is 1. The highest BCUT2D eigenvalue weighted by Crippen LogP contribution is 2.25. The summed E-state index contributed by atoms with van der Waals surface area (Å²) in [4.78, 5) is 23.2. The van der Waals surface area contributed by atoms with E-state index in [4.69, 9.17) is 23.2 Å². The lowest BCUT2D eigenvalue weighted by atomic mass is 10.1. The van der Waals surface area contributed by atoms with E-state index in [1.54, 1.807) is 24.3 Å². The molecule has 0 radical (unpaired) electrons. The molecule has 0 fully saturated rings. The Kier molecular flexibility index (Phi) is 4.60. The summed E-state index contributed by atoms with van der Waals surface area (Å²) >= 11 is 11.4. The van der Waals surface area contributed by atoms with E-state index in [9.17, 15) is 14.0 Å². The molecule has 2 rings (SSSR count). The summed E-state index contributed by atoms with van der Waals surface area (Å²) < 4.78 is 13.4. The van der Waals surface area contributed by atoms with Crippen LogP contribution in [0.3, 0.4) is 0 Å². The molecule has 0 bridgehead atoms. The van der Waals surface area contributed by atoms with Crippen molar-refractivity contribution in [3.63, 3.8) is 0 Å². The van der Waals surface area contributed by atoms with Gasteiger partial charge in [0.1, 0.15) is 5.82 Å². The van der Waals surface area contributed by atoms with E-state index in [1.807, 2.05) is 0 Å². The number of nitrogens with one attached hydrogen (secondary N) is 1. The van der Waals surface area contributed by atoms with Crippen LogP contribution in [0.4, 0.5) is 10.1 Å². The first-order chi connectivity index (χ1) is 9.88. The van der Waals surface area contributed by atoms with Crippen molar-refractivity contribution < 1.29 is 14.0 Å². The first kappa shape index (κ1) is 15.5. The van der Waals surface area contributed by atoms with Crippen LogP contribution >= 0.6 is 23.2 Å². The summed E-state index contributed by atoms with van der Waals surface area (Å²) in [5.41, 5.74) is 0.981. The molecule has 0 aliphatic rings. The Morgan fingerprint density at radius 3 is 2.24 bits per heavy atom. The molecule has 0 saturated carbocycles. The van der Waals surface area contributed by atoms with E-state index < -0.39 is 11.7 Å². The van der Waals surface area contributed by atoms with Gasteiger partial charge in [-0.3, -0.25) is 9.59 Å². The second kappa shape index (κ2) is 6.24. The minimum atomic E-state index is -0.724. The Balaban J connectivity index is 2.22. The normalized spacial score (nSPS) is 10.3. The number of anilines is 1. The Morgan fingerprint density at radius 2 is 1.67 bits per heavy atom. The topological polar surface area (TPSA) is 46.2 Å². The van der Waals surface area contributed by atoms with Crippen molar-refractivity contribution in [2.75, 3.05) is 5.32 Å². The van der Waals surface area contributed by atoms with Crippen LogP contribution in [0.15, 0.2) is 36.4 Å². The Bertz CT molecular complexity index is 714. The average molecular weight is 326 g/mol. The van der Waals surface area contributed by atoms with Crippen LogP contribution in [0.25, 0.3) is 0 Å². The fourth-order valence-corrected chi connectivity index (χ4v) is 2.15. The molecule has 0 unspecified atom stereocenters. The van der Waals surface area contributed by atoms with Crippen LogP contribution in [0, 0.1) is 5.82 Å². The molecule has 21 heavy (non-hydrogen) atoms. The monoisotopic (exact) mass is 325 g/mol. The van der Waals surface area contributed by atoms with Gasteiger partial charge < -0.3 is 5.32 Å². The third kappa shape index (κ3) is 3.60. The molecule has 3 nitrogen and oxygen atoms in total. The first-order valence-corrected chi connectivity index (χ1v) is 6.71. The summed E-state index contributed by atoms with van der Waals surface area (Å²) in [7, 11) is 0. The fraction of sp³-hybridized carbons (Fsp3) is 0.0667. The van der Waals surface area contributed by atoms with Gasteiger partial charge in [-0.15, -0.1) is 0 Å². The van der Waals surface area contributed by atoms with Crippen LogP contribution in [-0.2, 0) is 0 Å². The SMILES string of the molecule is CC(=O)c1ccc(NC(=O)c2cc(F)c(Cl)cc2Cl)cc1. The van der Waals surface area contributed by atoms with Crippen molar-refractivity contribution in [1.29, 1.82) is 0 Å². The smallest absolute Gasteiger partial charge is 0.257 e. The number of benzene rings is 2. The van der Waals surface area contributed by atoms with E-state index in [1.165, 1.54) is 13.0 Å². The number of halogens is 3. The van der Waals surface area contributed by atoms with Crippen molar-refractivity contribution in [2.45, 2.75) is 6.92 Å². The molecule has 2 aromatic carbocycles. The van der Waals surface area contributed by atoms with Crippen molar-refractivity contribution >= 4 is 40.6 Å². The highest BCUT2D eigenvalue weighted by molar-refractivity contribution is 6.37. The highest BCUT2D eigenvalue weighted by Gasteiger charge is 2.14. The third-order valence-electron chi connectivity index (χ3n) is 2.80. The molecule has 0 aliphatic carbocycles. The zero-order valence-corrected chi connectivity index (χ0v) is 12.4. The lowest BCUT2D eigenvalue weighted by Crippen LogP contribution is -2.13. The van der Waals surface area contributed by atoms with Gasteiger partial charge in [0.2, 0.25) is 0 Å². The van der Waals surface area contributed by atoms with Crippen LogP contribution in [-0.4, -0.2) is 11.7 Å². The van der Waals surface area contributed by atoms with E-state index in [-0.39, 0.29) is 21.4 Å². The summed E-state index contributed by atoms with van der Waals surface area (Å²) in [6.45, 7) is 1.45. The quantitative estimate of drug-likeness (QED) is 0.662. The van der Waals surface area contributed by atoms with Crippen LogP contribution < -0.4 is 5.32 Å². The van der Waals surface area contributed by atoms with Crippen LogP contribution in [0.2, 0.25) is 10.0 Å². The molecule has 0 atom stereocenters. The number of hydrogen-bond acceptors (Lipinski definition) is 2. The Morgan fingerprint density at radius 1 is 1.05 bits per heavy atom. The molecule has 0 spiro atoms. The number of amides is 1. The predicted molar refractivity (Wildman–Crippen MR) is 80.8 cm³/mol. The Hall–Kier alpha value is -1.91. The van der Waals surface area contributed by atoms with E-state index >= 15 is 0 Å². The second-order valence-electron chi connectivity index (χ2n) is 4.33. The molecular weight excluding hydrogens is 316 g/mol. The molecule has 0 aromatic heterocycles. The molecule has 0 aliphatic heterocycles. The standard InChI is InChI=1S/C15H10Cl2FNO2/c1-8(20)9-2-4-10(5-3-9)19-15(21)11-6-14(18)13(17)7-12(11)16/h2-7H,1H3,(H,19,21). The molecule has 6 heteroatoms. The average Bonchev–Trinajstić information content (AvgIpc) is 2.43. The molecule has 1 amide bonds. The van der Waals surface area contributed by atoms with E-state index in [2.05, 4.69) is 5.32 Å². The highest BCUT2D eigenvalue weighted by atomic mass is 35.5. The predicted octanol–water partition coefficient (Wildman–Crippen LogP) is 4.59. The van der Waals surface area contributed by atoms with Gasteiger partial charge in [0, 0.05) is 11.3 Å². The van der Waals surface area contributed by atoms with Gasteiger partial charge in [-0.2, -0.15) is 0 Å². The lowest BCUT2D eigenvalue weighted by molar-refractivity contribution is 0.101. The van der Waals surface area contributed by atoms with Crippen LogP contribution in [0.5, 0.6) is 0 Å². The molecule has 1 N–H and O–H groups in total. The van der Waals surface area contributed by atoms with Crippen molar-refractivity contribution in [3.8, 4) is 0 Å². The van der Waals surface area contributed by atoms with Gasteiger partial charge in [-0.25, -0.2) is 4.39 Å². The van der Waals surface area contributed by atoms with Gasteiger partial charge in [0.05, 0.1) is 15.6 Å². The first-order valence-electron chi connectivity index (χ1n) is 5.95. The number of carbonyl (C=O) groups is 2. The third-order valence-corrected chi connectivity index (χ3v) is 3.41. The summed E-state index contributed by atoms with van der Waals surface area (Å²) in [5.74, 6) is -1.36. The summed E-state index contributed by atoms with van der Waals surface area (Å²) in [6.07, 6.45) is 0. The largest absolute Gasteiger partial charge is 0.322 e. The molecule has 2 aromatic rings. The lowest BCUT2D eigenvalue weighted by Gasteiger charge is -2.08. The molecular formula is C15H10Cl2FNO2. The Labute approximate surface area is 130 Å². The van der Waals surface area contributed by atoms with Gasteiger partial charge in [-0.1, -0.05) is 23.2 Å². The maximum atomic E-state index is 13.4. The number of hydrogen-bond donors (Lipinski definition) is 1. The minimum Gasteiger partial charge on any atom is -0.322 e. The summed E-state index contributed by atoms with van der Waals surface area (Å²) in [6, 6.07) is 8.48. The van der Waals surface area contributed by atoms with E-state index in [0.717, 1.165) is 6.07 Å². The van der Waals surface area contributed by atoms with Crippen molar-refractivity contribution in [1.82, 2.24) is 0 Å². The minimum absolute atomic E-state index is 0.0192. The number of Topliss-reactive ketones (excluding diaryl/α,β-unsaturated/α-hetero) is 1. The van der Waals surface area contributed by atoms with Gasteiger partial charge in [0.25, 0.3) is 5.91 Å². The summed E-state index contributed by atoms with van der Waals surface area (Å²) in [5, 5.41) is 2.47.